The van der Waals surface area contributed by atoms with Gasteiger partial charge in [-0.2, -0.15) is 0 Å². The quantitative estimate of drug-likeness (QED) is 0.763. The molecular formula is C17H20ClNS. The number of thioether (sulfide) groups is 1. The molecule has 0 spiro atoms. The third-order valence-corrected chi connectivity index (χ3v) is 4.91. The van der Waals surface area contributed by atoms with Crippen LogP contribution in [0.2, 0.25) is 5.02 Å². The number of halogens is 1. The van der Waals surface area contributed by atoms with Crippen molar-refractivity contribution in [3.63, 3.8) is 0 Å². The summed E-state index contributed by atoms with van der Waals surface area (Å²) in [6, 6.07) is 16.6. The lowest BCUT2D eigenvalue weighted by Crippen LogP contribution is -2.09. The van der Waals surface area contributed by atoms with E-state index in [0.717, 1.165) is 10.6 Å². The average molecular weight is 306 g/mol. The Labute approximate surface area is 130 Å². The number of hydrogen-bond donors (Lipinski definition) is 1. The van der Waals surface area contributed by atoms with E-state index in [1.54, 1.807) is 11.8 Å². The number of nitrogens with two attached hydrogens (primary N) is 1. The molecule has 0 aliphatic heterocycles. The van der Waals surface area contributed by atoms with E-state index in [2.05, 4.69) is 44.2 Å². The molecule has 0 amide bonds. The van der Waals surface area contributed by atoms with Gasteiger partial charge in [-0.3, -0.25) is 0 Å². The molecule has 0 bridgehead atoms. The fraction of sp³-hybridized carbons (Fsp3) is 0.294. The van der Waals surface area contributed by atoms with E-state index in [9.17, 15) is 0 Å². The maximum Gasteiger partial charge on any atom is 0.0481 e. The fourth-order valence-corrected chi connectivity index (χ4v) is 3.45. The molecule has 0 aliphatic rings. The molecule has 106 valence electrons. The first-order valence-electron chi connectivity index (χ1n) is 6.83. The van der Waals surface area contributed by atoms with Crippen LogP contribution in [-0.2, 0) is 0 Å². The van der Waals surface area contributed by atoms with Gasteiger partial charge in [-0.15, -0.1) is 11.8 Å². The summed E-state index contributed by atoms with van der Waals surface area (Å²) in [5.41, 5.74) is 8.38. The van der Waals surface area contributed by atoms with Crippen molar-refractivity contribution in [3.8, 4) is 0 Å². The van der Waals surface area contributed by atoms with E-state index in [0.29, 0.717) is 12.5 Å². The molecule has 20 heavy (non-hydrogen) atoms. The molecule has 0 heterocycles. The summed E-state index contributed by atoms with van der Waals surface area (Å²) in [6.45, 7) is 4.98. The van der Waals surface area contributed by atoms with Crippen molar-refractivity contribution in [2.75, 3.05) is 6.54 Å². The van der Waals surface area contributed by atoms with Gasteiger partial charge in [0.1, 0.15) is 0 Å². The predicted octanol–water partition coefficient (Wildman–Crippen LogP) is 5.26. The van der Waals surface area contributed by atoms with E-state index >= 15 is 0 Å². The summed E-state index contributed by atoms with van der Waals surface area (Å²) >= 11 is 8.03. The minimum atomic E-state index is 0.189. The highest BCUT2D eigenvalue weighted by Gasteiger charge is 2.14. The van der Waals surface area contributed by atoms with Gasteiger partial charge in [0.15, 0.2) is 0 Å². The third-order valence-electron chi connectivity index (χ3n) is 3.29. The number of rotatable bonds is 5. The van der Waals surface area contributed by atoms with Gasteiger partial charge in [-0.05, 0) is 35.2 Å². The summed E-state index contributed by atoms with van der Waals surface area (Å²) in [7, 11) is 0. The molecule has 0 aromatic heterocycles. The maximum atomic E-state index is 6.26. The molecule has 1 unspecified atom stereocenters. The number of benzene rings is 2. The molecule has 0 saturated heterocycles. The normalized spacial score (nSPS) is 12.7. The van der Waals surface area contributed by atoms with Crippen molar-refractivity contribution in [2.24, 2.45) is 5.73 Å². The molecule has 2 aromatic carbocycles. The second-order valence-electron chi connectivity index (χ2n) is 5.09. The van der Waals surface area contributed by atoms with Crippen LogP contribution in [0.15, 0.2) is 53.4 Å². The molecule has 2 N–H and O–H groups in total. The van der Waals surface area contributed by atoms with Crippen LogP contribution in [0.1, 0.15) is 36.1 Å². The lowest BCUT2D eigenvalue weighted by Gasteiger charge is -2.16. The van der Waals surface area contributed by atoms with Crippen LogP contribution in [0, 0.1) is 0 Å². The second-order valence-corrected chi connectivity index (χ2v) is 6.77. The van der Waals surface area contributed by atoms with E-state index in [4.69, 9.17) is 17.3 Å². The summed E-state index contributed by atoms with van der Waals surface area (Å²) in [6.07, 6.45) is 0. The van der Waals surface area contributed by atoms with Crippen molar-refractivity contribution < 1.29 is 0 Å². The van der Waals surface area contributed by atoms with Crippen molar-refractivity contribution >= 4 is 23.4 Å². The maximum absolute atomic E-state index is 6.26. The van der Waals surface area contributed by atoms with Gasteiger partial charge in [0, 0.05) is 21.7 Å². The molecular weight excluding hydrogens is 286 g/mol. The van der Waals surface area contributed by atoms with Gasteiger partial charge in [0.2, 0.25) is 0 Å². The molecule has 0 aliphatic carbocycles. The Kier molecular flexibility index (Phi) is 5.53. The second kappa shape index (κ2) is 7.16. The highest BCUT2D eigenvalue weighted by Crippen LogP contribution is 2.37. The third kappa shape index (κ3) is 3.78. The predicted molar refractivity (Wildman–Crippen MR) is 89.6 cm³/mol. The smallest absolute Gasteiger partial charge is 0.0481 e. The highest BCUT2D eigenvalue weighted by molar-refractivity contribution is 7.99. The zero-order chi connectivity index (χ0) is 14.5. The summed E-state index contributed by atoms with van der Waals surface area (Å²) in [5.74, 6) is 0.558. The van der Waals surface area contributed by atoms with Crippen LogP contribution in [-0.4, -0.2) is 6.54 Å². The lowest BCUT2D eigenvalue weighted by molar-refractivity contribution is 0.864. The van der Waals surface area contributed by atoms with Crippen LogP contribution >= 0.6 is 23.4 Å². The van der Waals surface area contributed by atoms with Crippen LogP contribution in [0.5, 0.6) is 0 Å². The average Bonchev–Trinajstić information content (AvgIpc) is 2.46. The standard InChI is InChI=1S/C17H20ClNS/c1-12(2)13-7-9-14(10-8-13)20-17(11-19)15-5-3-4-6-16(15)18/h3-10,12,17H,11,19H2,1-2H3. The molecule has 1 nitrogen and oxygen atoms in total. The van der Waals surface area contributed by atoms with Gasteiger partial charge in [0.25, 0.3) is 0 Å². The Morgan fingerprint density at radius 2 is 1.70 bits per heavy atom. The van der Waals surface area contributed by atoms with Crippen molar-refractivity contribution in [2.45, 2.75) is 29.9 Å². The van der Waals surface area contributed by atoms with Crippen LogP contribution in [0.4, 0.5) is 0 Å². The lowest BCUT2D eigenvalue weighted by atomic mass is 10.0. The van der Waals surface area contributed by atoms with Gasteiger partial charge in [0.05, 0.1) is 0 Å². The van der Waals surface area contributed by atoms with Gasteiger partial charge in [-0.25, -0.2) is 0 Å². The van der Waals surface area contributed by atoms with Gasteiger partial charge >= 0.3 is 0 Å². The number of hydrogen-bond acceptors (Lipinski definition) is 2. The van der Waals surface area contributed by atoms with E-state index < -0.39 is 0 Å². The first-order chi connectivity index (χ1) is 9.61. The monoisotopic (exact) mass is 305 g/mol. The Morgan fingerprint density at radius 1 is 1.05 bits per heavy atom. The first kappa shape index (κ1) is 15.4. The van der Waals surface area contributed by atoms with Gasteiger partial charge < -0.3 is 5.73 Å². The first-order valence-corrected chi connectivity index (χ1v) is 8.08. The highest BCUT2D eigenvalue weighted by atomic mass is 35.5. The zero-order valence-electron chi connectivity index (χ0n) is 11.8. The van der Waals surface area contributed by atoms with Crippen LogP contribution < -0.4 is 5.73 Å². The topological polar surface area (TPSA) is 26.0 Å². The van der Waals surface area contributed by atoms with E-state index in [1.165, 1.54) is 10.5 Å². The Morgan fingerprint density at radius 3 is 2.25 bits per heavy atom. The largest absolute Gasteiger partial charge is 0.329 e. The fourth-order valence-electron chi connectivity index (χ4n) is 2.07. The molecule has 0 fully saturated rings. The van der Waals surface area contributed by atoms with Crippen molar-refractivity contribution in [3.05, 3.63) is 64.7 Å². The minimum absolute atomic E-state index is 0.189. The van der Waals surface area contributed by atoms with Crippen molar-refractivity contribution in [1.29, 1.82) is 0 Å². The zero-order valence-corrected chi connectivity index (χ0v) is 13.4. The summed E-state index contributed by atoms with van der Waals surface area (Å²) < 4.78 is 0. The SMILES string of the molecule is CC(C)c1ccc(SC(CN)c2ccccc2Cl)cc1. The Hall–Kier alpha value is -0.960. The van der Waals surface area contributed by atoms with Crippen LogP contribution in [0.3, 0.4) is 0 Å². The minimum Gasteiger partial charge on any atom is -0.329 e. The molecule has 2 aromatic rings. The van der Waals surface area contributed by atoms with Gasteiger partial charge in [-0.1, -0.05) is 55.8 Å². The molecule has 0 radical (unpaired) electrons. The molecule has 2 rings (SSSR count). The molecule has 3 heteroatoms. The Bertz CT molecular complexity index is 551. The van der Waals surface area contributed by atoms with Crippen molar-refractivity contribution in [1.82, 2.24) is 0 Å². The summed E-state index contributed by atoms with van der Waals surface area (Å²) in [5, 5.41) is 0.975. The summed E-state index contributed by atoms with van der Waals surface area (Å²) in [4.78, 5) is 1.23. The molecule has 1 atom stereocenters. The van der Waals surface area contributed by atoms with E-state index in [-0.39, 0.29) is 5.25 Å². The van der Waals surface area contributed by atoms with E-state index in [1.807, 2.05) is 18.2 Å². The Balaban J connectivity index is 2.16. The van der Waals surface area contributed by atoms with Crippen LogP contribution in [0.25, 0.3) is 0 Å². The molecule has 0 saturated carbocycles.